The van der Waals surface area contributed by atoms with Gasteiger partial charge in [-0.3, -0.25) is 9.59 Å². The van der Waals surface area contributed by atoms with Crippen LogP contribution in [0.1, 0.15) is 31.2 Å². The minimum atomic E-state index is -4.36. The number of carbonyl (C=O) groups is 2. The summed E-state index contributed by atoms with van der Waals surface area (Å²) >= 11 is 1.34. The van der Waals surface area contributed by atoms with Crippen LogP contribution in [0.3, 0.4) is 0 Å². The highest BCUT2D eigenvalue weighted by Crippen LogP contribution is 2.29. The second-order valence-corrected chi connectivity index (χ2v) is 7.16. The molecule has 0 aliphatic carbocycles. The molecular formula is C21H17F3N2O2S. The van der Waals surface area contributed by atoms with Gasteiger partial charge >= 0.3 is 6.18 Å². The van der Waals surface area contributed by atoms with E-state index in [4.69, 9.17) is 0 Å². The Bertz CT molecular complexity index is 967. The summed E-state index contributed by atoms with van der Waals surface area (Å²) < 4.78 is 37.7. The number of hydrogen-bond donors (Lipinski definition) is 2. The Balaban J connectivity index is 1.49. The Hall–Kier alpha value is -3.13. The molecule has 2 aromatic carbocycles. The van der Waals surface area contributed by atoms with Crippen LogP contribution in [-0.2, 0) is 12.6 Å². The number of anilines is 1. The number of benzene rings is 2. The monoisotopic (exact) mass is 418 g/mol. The standard InChI is InChI=1S/C21H17F3N2O2S/c22-21(23,24)16-7-3-14(4-8-16)11-12-25-19(27)15-5-9-17(10-6-15)26-20(28)18-2-1-13-29-18/h1-10,13H,11-12H2,(H,25,27)(H,26,28). The molecule has 0 fully saturated rings. The highest BCUT2D eigenvalue weighted by molar-refractivity contribution is 7.12. The van der Waals surface area contributed by atoms with Gasteiger partial charge < -0.3 is 10.6 Å². The van der Waals surface area contributed by atoms with E-state index in [1.165, 1.54) is 23.5 Å². The fourth-order valence-corrected chi connectivity index (χ4v) is 3.21. The van der Waals surface area contributed by atoms with E-state index in [1.807, 2.05) is 5.38 Å². The molecule has 2 N–H and O–H groups in total. The molecule has 0 saturated carbocycles. The summed E-state index contributed by atoms with van der Waals surface area (Å²) in [4.78, 5) is 24.8. The minimum absolute atomic E-state index is 0.214. The van der Waals surface area contributed by atoms with Gasteiger partial charge in [0, 0.05) is 17.8 Å². The lowest BCUT2D eigenvalue weighted by Crippen LogP contribution is -2.25. The number of nitrogens with one attached hydrogen (secondary N) is 2. The molecule has 0 spiro atoms. The third-order valence-electron chi connectivity index (χ3n) is 4.13. The Labute approximate surface area is 169 Å². The Morgan fingerprint density at radius 3 is 2.17 bits per heavy atom. The lowest BCUT2D eigenvalue weighted by molar-refractivity contribution is -0.137. The van der Waals surface area contributed by atoms with E-state index in [1.54, 1.807) is 36.4 Å². The van der Waals surface area contributed by atoms with Gasteiger partial charge in [0.05, 0.1) is 10.4 Å². The van der Waals surface area contributed by atoms with Gasteiger partial charge in [0.25, 0.3) is 11.8 Å². The first kappa shape index (κ1) is 20.6. The molecule has 29 heavy (non-hydrogen) atoms. The molecule has 1 aromatic heterocycles. The summed E-state index contributed by atoms with van der Waals surface area (Å²) in [5.41, 5.74) is 0.998. The van der Waals surface area contributed by atoms with Crippen LogP contribution in [-0.4, -0.2) is 18.4 Å². The first-order valence-electron chi connectivity index (χ1n) is 8.72. The number of amides is 2. The van der Waals surface area contributed by atoms with Crippen LogP contribution >= 0.6 is 11.3 Å². The average molecular weight is 418 g/mol. The predicted molar refractivity (Wildman–Crippen MR) is 106 cm³/mol. The molecular weight excluding hydrogens is 401 g/mol. The molecule has 0 unspecified atom stereocenters. The van der Waals surface area contributed by atoms with Crippen LogP contribution in [0.2, 0.25) is 0 Å². The van der Waals surface area contributed by atoms with E-state index < -0.39 is 11.7 Å². The van der Waals surface area contributed by atoms with Gasteiger partial charge in [0.15, 0.2) is 0 Å². The van der Waals surface area contributed by atoms with Crippen LogP contribution in [0.15, 0.2) is 66.0 Å². The Kier molecular flexibility index (Phi) is 6.33. The topological polar surface area (TPSA) is 58.2 Å². The molecule has 3 aromatic rings. The van der Waals surface area contributed by atoms with Gasteiger partial charge in [-0.1, -0.05) is 18.2 Å². The van der Waals surface area contributed by atoms with E-state index in [9.17, 15) is 22.8 Å². The number of halogens is 3. The highest BCUT2D eigenvalue weighted by Gasteiger charge is 2.29. The SMILES string of the molecule is O=C(NCCc1ccc(C(F)(F)F)cc1)c1ccc(NC(=O)c2cccs2)cc1. The molecule has 4 nitrogen and oxygen atoms in total. The third-order valence-corrected chi connectivity index (χ3v) is 5.00. The zero-order chi connectivity index (χ0) is 20.9. The van der Waals surface area contributed by atoms with E-state index in [0.717, 1.165) is 12.1 Å². The summed E-state index contributed by atoms with van der Waals surface area (Å²) in [5, 5.41) is 7.29. The quantitative estimate of drug-likeness (QED) is 0.592. The maximum absolute atomic E-state index is 12.6. The number of hydrogen-bond acceptors (Lipinski definition) is 3. The van der Waals surface area contributed by atoms with Crippen LogP contribution in [0.4, 0.5) is 18.9 Å². The summed E-state index contributed by atoms with van der Waals surface area (Å²) in [5.74, 6) is -0.512. The van der Waals surface area contributed by atoms with Crippen molar-refractivity contribution in [2.45, 2.75) is 12.6 Å². The lowest BCUT2D eigenvalue weighted by atomic mass is 10.1. The van der Waals surface area contributed by atoms with Gasteiger partial charge in [-0.05, 0) is 59.8 Å². The molecule has 8 heteroatoms. The van der Waals surface area contributed by atoms with Gasteiger partial charge in [-0.15, -0.1) is 11.3 Å². The molecule has 3 rings (SSSR count). The van der Waals surface area contributed by atoms with Crippen LogP contribution in [0.5, 0.6) is 0 Å². The zero-order valence-corrected chi connectivity index (χ0v) is 15.9. The van der Waals surface area contributed by atoms with Crippen molar-refractivity contribution in [1.29, 1.82) is 0 Å². The molecule has 0 bridgehead atoms. The summed E-state index contributed by atoms with van der Waals surface area (Å²) in [6.07, 6.45) is -3.94. The van der Waals surface area contributed by atoms with Crippen molar-refractivity contribution in [2.24, 2.45) is 0 Å². The number of carbonyl (C=O) groups excluding carboxylic acids is 2. The molecule has 0 aliphatic rings. The maximum atomic E-state index is 12.6. The number of thiophene rings is 1. The van der Waals surface area contributed by atoms with Gasteiger partial charge in [0.1, 0.15) is 0 Å². The van der Waals surface area contributed by atoms with Crippen molar-refractivity contribution < 1.29 is 22.8 Å². The van der Waals surface area contributed by atoms with Crippen molar-refractivity contribution in [2.75, 3.05) is 11.9 Å². The van der Waals surface area contributed by atoms with Crippen LogP contribution in [0, 0.1) is 0 Å². The Morgan fingerprint density at radius 1 is 0.897 bits per heavy atom. The first-order chi connectivity index (χ1) is 13.8. The number of rotatable bonds is 6. The average Bonchev–Trinajstić information content (AvgIpc) is 3.23. The van der Waals surface area contributed by atoms with E-state index in [0.29, 0.717) is 34.7 Å². The third kappa shape index (κ3) is 5.68. The van der Waals surface area contributed by atoms with Crippen molar-refractivity contribution in [3.8, 4) is 0 Å². The van der Waals surface area contributed by atoms with Crippen LogP contribution < -0.4 is 10.6 Å². The predicted octanol–water partition coefficient (Wildman–Crippen LogP) is 4.99. The highest BCUT2D eigenvalue weighted by atomic mass is 32.1. The van der Waals surface area contributed by atoms with E-state index in [2.05, 4.69) is 10.6 Å². The summed E-state index contributed by atoms with van der Waals surface area (Å²) in [7, 11) is 0. The number of alkyl halides is 3. The lowest BCUT2D eigenvalue weighted by Gasteiger charge is -2.09. The van der Waals surface area contributed by atoms with E-state index in [-0.39, 0.29) is 11.8 Å². The summed E-state index contributed by atoms with van der Waals surface area (Å²) in [6, 6.07) is 14.8. The fourth-order valence-electron chi connectivity index (χ4n) is 2.59. The zero-order valence-electron chi connectivity index (χ0n) is 15.1. The summed E-state index contributed by atoms with van der Waals surface area (Å²) in [6.45, 7) is 0.293. The molecule has 0 radical (unpaired) electrons. The van der Waals surface area contributed by atoms with E-state index >= 15 is 0 Å². The largest absolute Gasteiger partial charge is 0.416 e. The second kappa shape index (κ2) is 8.91. The van der Waals surface area contributed by atoms with Crippen molar-refractivity contribution in [3.05, 3.63) is 87.6 Å². The fraction of sp³-hybridized carbons (Fsp3) is 0.143. The molecule has 0 atom stereocenters. The van der Waals surface area contributed by atoms with Gasteiger partial charge in [0.2, 0.25) is 0 Å². The second-order valence-electron chi connectivity index (χ2n) is 6.21. The minimum Gasteiger partial charge on any atom is -0.352 e. The maximum Gasteiger partial charge on any atom is 0.416 e. The molecule has 2 amide bonds. The van der Waals surface area contributed by atoms with Crippen molar-refractivity contribution in [1.82, 2.24) is 5.32 Å². The smallest absolute Gasteiger partial charge is 0.352 e. The normalized spacial score (nSPS) is 11.1. The first-order valence-corrected chi connectivity index (χ1v) is 9.60. The van der Waals surface area contributed by atoms with Crippen LogP contribution in [0.25, 0.3) is 0 Å². The molecule has 150 valence electrons. The van der Waals surface area contributed by atoms with Crippen molar-refractivity contribution >= 4 is 28.8 Å². The molecule has 0 aliphatic heterocycles. The Morgan fingerprint density at radius 2 is 1.59 bits per heavy atom. The van der Waals surface area contributed by atoms with Crippen molar-refractivity contribution in [3.63, 3.8) is 0 Å². The van der Waals surface area contributed by atoms with Gasteiger partial charge in [-0.25, -0.2) is 0 Å². The van der Waals surface area contributed by atoms with Gasteiger partial charge in [-0.2, -0.15) is 13.2 Å². The molecule has 1 heterocycles. The molecule has 0 saturated heterocycles.